The molecule has 0 aliphatic heterocycles. The fraction of sp³-hybridized carbons (Fsp3) is 0.167. The predicted molar refractivity (Wildman–Crippen MR) is 65.6 cm³/mol. The highest BCUT2D eigenvalue weighted by Gasteiger charge is 2.09. The minimum Gasteiger partial charge on any atom is -0.370 e. The summed E-state index contributed by atoms with van der Waals surface area (Å²) in [4.78, 5) is 17.7. The van der Waals surface area contributed by atoms with Crippen LogP contribution in [0.4, 0.5) is 5.13 Å². The molecule has 1 heterocycles. The van der Waals surface area contributed by atoms with E-state index in [0.29, 0.717) is 10.8 Å². The van der Waals surface area contributed by atoms with Gasteiger partial charge in [0.05, 0.1) is 5.69 Å². The second-order valence-electron chi connectivity index (χ2n) is 2.13. The lowest BCUT2D eigenvalue weighted by Crippen LogP contribution is -2.21. The number of aromatic nitrogens is 1. The molecule has 0 saturated carbocycles. The van der Waals surface area contributed by atoms with Crippen molar-refractivity contribution in [3.8, 4) is 0 Å². The van der Waals surface area contributed by atoms with Crippen LogP contribution in [0.15, 0.2) is 10.4 Å². The highest BCUT2D eigenvalue weighted by molar-refractivity contribution is 9.09. The van der Waals surface area contributed by atoms with E-state index in [1.54, 1.807) is 5.38 Å². The quantitative estimate of drug-likeness (QED) is 0.374. The van der Waals surface area contributed by atoms with Crippen LogP contribution in [-0.2, 0) is 4.79 Å². The first-order valence-electron chi connectivity index (χ1n) is 3.28. The molecule has 0 fully saturated rings. The van der Waals surface area contributed by atoms with Crippen LogP contribution in [0.3, 0.4) is 0 Å². The molecule has 1 atom stereocenters. The molecule has 8 heteroatoms. The summed E-state index contributed by atoms with van der Waals surface area (Å²) in [6.07, 6.45) is 0.744. The summed E-state index contributed by atoms with van der Waals surface area (Å²) in [5, 5.41) is 2.16. The number of halogens is 2. The lowest BCUT2D eigenvalue weighted by Gasteiger charge is -1.92. The Bertz CT molecular complexity index is 336. The van der Waals surface area contributed by atoms with Crippen LogP contribution < -0.4 is 11.5 Å². The van der Waals surface area contributed by atoms with Gasteiger partial charge in [0, 0.05) is 5.38 Å². The number of guanidine groups is 1. The molecule has 0 amide bonds. The molecule has 14 heavy (non-hydrogen) atoms. The van der Waals surface area contributed by atoms with Crippen LogP contribution >= 0.6 is 44.2 Å². The zero-order valence-corrected chi connectivity index (χ0v) is 11.0. The molecule has 5 nitrogen and oxygen atoms in total. The van der Waals surface area contributed by atoms with Gasteiger partial charge in [-0.25, -0.2) is 4.98 Å². The maximum Gasteiger partial charge on any atom is 0.212 e. The van der Waals surface area contributed by atoms with Gasteiger partial charge in [0.15, 0.2) is 5.96 Å². The van der Waals surface area contributed by atoms with Gasteiger partial charge < -0.3 is 16.3 Å². The molecule has 1 aromatic heterocycles. The van der Waals surface area contributed by atoms with Gasteiger partial charge in [-0.3, -0.25) is 0 Å². The number of aliphatic imine (C=N–C) groups is 1. The molecule has 1 aromatic rings. The van der Waals surface area contributed by atoms with Crippen molar-refractivity contribution in [1.82, 2.24) is 4.98 Å². The molecule has 0 aliphatic carbocycles. The number of carbonyl (C=O) groups excluding carboxylic acids is 1. The van der Waals surface area contributed by atoms with Gasteiger partial charge in [-0.2, -0.15) is 4.99 Å². The van der Waals surface area contributed by atoms with Crippen LogP contribution in [0.1, 0.15) is 10.5 Å². The van der Waals surface area contributed by atoms with E-state index in [0.717, 1.165) is 6.29 Å². The van der Waals surface area contributed by atoms with E-state index < -0.39 is 4.83 Å². The van der Waals surface area contributed by atoms with Crippen molar-refractivity contribution >= 4 is 61.6 Å². The number of aldehydes is 1. The Hall–Kier alpha value is -0.470. The topological polar surface area (TPSA) is 94.4 Å². The molecule has 1 unspecified atom stereocenters. The van der Waals surface area contributed by atoms with Crippen molar-refractivity contribution in [2.45, 2.75) is 4.83 Å². The van der Waals surface area contributed by atoms with Gasteiger partial charge in [-0.1, -0.05) is 15.9 Å². The van der Waals surface area contributed by atoms with E-state index in [-0.39, 0.29) is 22.9 Å². The molecule has 0 radical (unpaired) electrons. The van der Waals surface area contributed by atoms with Crippen LogP contribution in [0.5, 0.6) is 0 Å². The van der Waals surface area contributed by atoms with Crippen molar-refractivity contribution < 1.29 is 4.79 Å². The zero-order valence-electron chi connectivity index (χ0n) is 6.88. The number of rotatable bonds is 3. The third kappa shape index (κ3) is 3.72. The minimum absolute atomic E-state index is 0. The Kier molecular flexibility index (Phi) is 5.89. The number of nitrogens with zero attached hydrogens (tertiary/aromatic N) is 2. The Labute approximate surface area is 104 Å². The van der Waals surface area contributed by atoms with E-state index in [1.165, 1.54) is 11.3 Å². The summed E-state index contributed by atoms with van der Waals surface area (Å²) < 4.78 is 0. The monoisotopic (exact) mass is 342 g/mol. The molecule has 0 spiro atoms. The van der Waals surface area contributed by atoms with Gasteiger partial charge in [-0.15, -0.1) is 28.3 Å². The molecule has 1 rings (SSSR count). The summed E-state index contributed by atoms with van der Waals surface area (Å²) in [6, 6.07) is 0. The Morgan fingerprint density at radius 2 is 2.36 bits per heavy atom. The van der Waals surface area contributed by atoms with Crippen LogP contribution in [-0.4, -0.2) is 17.2 Å². The molecule has 0 saturated heterocycles. The van der Waals surface area contributed by atoms with E-state index >= 15 is 0 Å². The predicted octanol–water partition coefficient (Wildman–Crippen LogP) is 1.26. The fourth-order valence-electron chi connectivity index (χ4n) is 0.634. The van der Waals surface area contributed by atoms with E-state index in [9.17, 15) is 4.79 Å². The van der Waals surface area contributed by atoms with Crippen molar-refractivity contribution in [3.63, 3.8) is 0 Å². The summed E-state index contributed by atoms with van der Waals surface area (Å²) >= 11 is 4.40. The van der Waals surface area contributed by atoms with Gasteiger partial charge in [0.25, 0.3) is 0 Å². The molecule has 0 aliphatic rings. The first kappa shape index (κ1) is 13.5. The SMILES string of the molecule is Br.NC(N)=Nc1nc(C(Br)C=O)cs1. The summed E-state index contributed by atoms with van der Waals surface area (Å²) in [6.45, 7) is 0. The van der Waals surface area contributed by atoms with Crippen molar-refractivity contribution in [2.24, 2.45) is 16.5 Å². The normalized spacial score (nSPS) is 11.2. The Morgan fingerprint density at radius 1 is 1.71 bits per heavy atom. The molecular formula is C6H8Br2N4OS. The number of hydrogen-bond donors (Lipinski definition) is 2. The van der Waals surface area contributed by atoms with Crippen LogP contribution in [0, 0.1) is 0 Å². The second-order valence-corrected chi connectivity index (χ2v) is 3.95. The van der Waals surface area contributed by atoms with Crippen molar-refractivity contribution in [3.05, 3.63) is 11.1 Å². The van der Waals surface area contributed by atoms with Crippen molar-refractivity contribution in [1.29, 1.82) is 0 Å². The Morgan fingerprint density at radius 3 is 2.86 bits per heavy atom. The summed E-state index contributed by atoms with van der Waals surface area (Å²) in [5.41, 5.74) is 10.9. The maximum atomic E-state index is 10.4. The molecule has 78 valence electrons. The average molecular weight is 344 g/mol. The van der Waals surface area contributed by atoms with E-state index in [2.05, 4.69) is 25.9 Å². The first-order valence-corrected chi connectivity index (χ1v) is 5.07. The minimum atomic E-state index is -0.397. The standard InChI is InChI=1S/C6H7BrN4OS.BrH/c7-3(1-12)4-2-13-6(10-4)11-5(8)9;/h1-3H,(H4,8,9,10,11);1H. The van der Waals surface area contributed by atoms with Crippen LogP contribution in [0.25, 0.3) is 0 Å². The summed E-state index contributed by atoms with van der Waals surface area (Å²) in [7, 11) is 0. The maximum absolute atomic E-state index is 10.4. The van der Waals surface area contributed by atoms with Gasteiger partial charge in [-0.05, 0) is 0 Å². The van der Waals surface area contributed by atoms with Gasteiger partial charge in [0.2, 0.25) is 5.13 Å². The largest absolute Gasteiger partial charge is 0.370 e. The fourth-order valence-corrected chi connectivity index (χ4v) is 1.79. The highest BCUT2D eigenvalue weighted by Crippen LogP contribution is 2.26. The number of carbonyl (C=O) groups is 1. The Balaban J connectivity index is 0.00000169. The first-order chi connectivity index (χ1) is 6.13. The summed E-state index contributed by atoms with van der Waals surface area (Å²) in [5.74, 6) is -0.0434. The van der Waals surface area contributed by atoms with Gasteiger partial charge in [0.1, 0.15) is 11.1 Å². The smallest absolute Gasteiger partial charge is 0.212 e. The highest BCUT2D eigenvalue weighted by atomic mass is 79.9. The van der Waals surface area contributed by atoms with E-state index in [1.807, 2.05) is 0 Å². The molecule has 0 bridgehead atoms. The molecule has 4 N–H and O–H groups in total. The number of alkyl halides is 1. The lowest BCUT2D eigenvalue weighted by atomic mass is 10.4. The number of nitrogens with two attached hydrogens (primary N) is 2. The lowest BCUT2D eigenvalue weighted by molar-refractivity contribution is -0.107. The third-order valence-corrected chi connectivity index (χ3v) is 2.57. The molecule has 0 aromatic carbocycles. The average Bonchev–Trinajstić information content (AvgIpc) is 2.50. The third-order valence-electron chi connectivity index (χ3n) is 1.14. The van der Waals surface area contributed by atoms with Crippen molar-refractivity contribution in [2.75, 3.05) is 0 Å². The second kappa shape index (κ2) is 6.10. The van der Waals surface area contributed by atoms with Crippen LogP contribution in [0.2, 0.25) is 0 Å². The number of thiazole rings is 1. The van der Waals surface area contributed by atoms with Gasteiger partial charge >= 0.3 is 0 Å². The molecular weight excluding hydrogens is 336 g/mol. The number of hydrogen-bond acceptors (Lipinski definition) is 4. The van der Waals surface area contributed by atoms with E-state index in [4.69, 9.17) is 11.5 Å². The zero-order chi connectivity index (χ0) is 9.84.